The highest BCUT2D eigenvalue weighted by molar-refractivity contribution is 6.26. The van der Waals surface area contributed by atoms with E-state index in [-0.39, 0.29) is 5.88 Å². The number of halogens is 1. The zero-order valence-corrected chi connectivity index (χ0v) is 8.39. The Morgan fingerprint density at radius 3 is 2.31 bits per heavy atom. The van der Waals surface area contributed by atoms with Gasteiger partial charge in [-0.3, -0.25) is 4.79 Å². The lowest BCUT2D eigenvalue weighted by molar-refractivity contribution is -0.131. The van der Waals surface area contributed by atoms with Gasteiger partial charge in [0.05, 0.1) is 0 Å². The van der Waals surface area contributed by atoms with Gasteiger partial charge in [-0.1, -0.05) is 6.07 Å². The average molecular weight is 199 g/mol. The molecule has 0 fully saturated rings. The number of esters is 1. The van der Waals surface area contributed by atoms with Crippen molar-refractivity contribution in [2.24, 2.45) is 0 Å². The average Bonchev–Trinajstić information content (AvgIpc) is 2.02. The van der Waals surface area contributed by atoms with Crippen molar-refractivity contribution >= 4 is 17.6 Å². The van der Waals surface area contributed by atoms with Gasteiger partial charge in [0.1, 0.15) is 11.6 Å². The summed E-state index contributed by atoms with van der Waals surface area (Å²) in [5.41, 5.74) is 2.13. The van der Waals surface area contributed by atoms with Crippen LogP contribution >= 0.6 is 11.6 Å². The third-order valence-electron chi connectivity index (χ3n) is 1.54. The molecule has 70 valence electrons. The Kier molecular flexibility index (Phi) is 3.32. The second kappa shape index (κ2) is 4.28. The molecule has 1 rings (SSSR count). The minimum absolute atomic E-state index is 0.118. The number of aryl methyl sites for hydroxylation is 2. The maximum absolute atomic E-state index is 10.8. The summed E-state index contributed by atoms with van der Waals surface area (Å²) in [7, 11) is 0. The standard InChI is InChI=1S/C10H11ClO2/c1-7-3-8(2)5-9(4-7)13-10(12)6-11/h3-5H,6H2,1-2H3. The Labute approximate surface area is 82.5 Å². The van der Waals surface area contributed by atoms with E-state index in [1.807, 2.05) is 19.9 Å². The van der Waals surface area contributed by atoms with Gasteiger partial charge in [0.2, 0.25) is 0 Å². The van der Waals surface area contributed by atoms with Crippen LogP contribution in [0.25, 0.3) is 0 Å². The van der Waals surface area contributed by atoms with Gasteiger partial charge in [-0.05, 0) is 37.1 Å². The molecule has 0 saturated heterocycles. The second-order valence-corrected chi connectivity index (χ2v) is 3.20. The van der Waals surface area contributed by atoms with Crippen LogP contribution < -0.4 is 4.74 Å². The van der Waals surface area contributed by atoms with E-state index in [2.05, 4.69) is 0 Å². The third-order valence-corrected chi connectivity index (χ3v) is 1.75. The molecule has 1 aromatic carbocycles. The highest BCUT2D eigenvalue weighted by Crippen LogP contribution is 2.16. The number of hydrogen-bond donors (Lipinski definition) is 0. The van der Waals surface area contributed by atoms with Crippen LogP contribution in [0.3, 0.4) is 0 Å². The van der Waals surface area contributed by atoms with Crippen LogP contribution in [0.1, 0.15) is 11.1 Å². The summed E-state index contributed by atoms with van der Waals surface area (Å²) < 4.78 is 4.95. The molecule has 0 aromatic heterocycles. The lowest BCUT2D eigenvalue weighted by Crippen LogP contribution is -2.08. The van der Waals surface area contributed by atoms with Gasteiger partial charge in [-0.2, -0.15) is 0 Å². The van der Waals surface area contributed by atoms with Crippen molar-refractivity contribution in [2.75, 3.05) is 5.88 Å². The number of carbonyl (C=O) groups excluding carboxylic acids is 1. The number of benzene rings is 1. The zero-order chi connectivity index (χ0) is 9.84. The smallest absolute Gasteiger partial charge is 0.326 e. The van der Waals surface area contributed by atoms with Gasteiger partial charge in [-0.15, -0.1) is 11.6 Å². The monoisotopic (exact) mass is 198 g/mol. The van der Waals surface area contributed by atoms with Crippen molar-refractivity contribution in [3.05, 3.63) is 29.3 Å². The number of carbonyl (C=O) groups is 1. The van der Waals surface area contributed by atoms with Gasteiger partial charge in [0, 0.05) is 0 Å². The van der Waals surface area contributed by atoms with Crippen molar-refractivity contribution in [1.82, 2.24) is 0 Å². The minimum Gasteiger partial charge on any atom is -0.426 e. The number of rotatable bonds is 2. The topological polar surface area (TPSA) is 26.3 Å². The normalized spacial score (nSPS) is 9.77. The Hall–Kier alpha value is -1.02. The van der Waals surface area contributed by atoms with E-state index < -0.39 is 5.97 Å². The van der Waals surface area contributed by atoms with Crippen LogP contribution in [-0.4, -0.2) is 11.8 Å². The van der Waals surface area contributed by atoms with Crippen molar-refractivity contribution in [2.45, 2.75) is 13.8 Å². The first kappa shape index (κ1) is 10.1. The summed E-state index contributed by atoms with van der Waals surface area (Å²) in [5, 5.41) is 0. The van der Waals surface area contributed by atoms with E-state index in [1.165, 1.54) is 0 Å². The largest absolute Gasteiger partial charge is 0.426 e. The predicted molar refractivity (Wildman–Crippen MR) is 52.3 cm³/mol. The van der Waals surface area contributed by atoms with Crippen LogP contribution in [0.2, 0.25) is 0 Å². The van der Waals surface area contributed by atoms with Crippen LogP contribution in [0, 0.1) is 13.8 Å². The van der Waals surface area contributed by atoms with E-state index in [0.29, 0.717) is 5.75 Å². The van der Waals surface area contributed by atoms with E-state index >= 15 is 0 Å². The van der Waals surface area contributed by atoms with Gasteiger partial charge in [0.15, 0.2) is 0 Å². The fourth-order valence-electron chi connectivity index (χ4n) is 1.15. The van der Waals surface area contributed by atoms with E-state index in [9.17, 15) is 4.79 Å². The molecule has 0 saturated carbocycles. The molecule has 0 atom stereocenters. The number of alkyl halides is 1. The molecule has 0 radical (unpaired) electrons. The van der Waals surface area contributed by atoms with E-state index in [0.717, 1.165) is 11.1 Å². The highest BCUT2D eigenvalue weighted by atomic mass is 35.5. The number of hydrogen-bond acceptors (Lipinski definition) is 2. The predicted octanol–water partition coefficient (Wildman–Crippen LogP) is 2.45. The molecule has 0 aliphatic carbocycles. The van der Waals surface area contributed by atoms with Gasteiger partial charge >= 0.3 is 5.97 Å². The van der Waals surface area contributed by atoms with Crippen LogP contribution in [0.5, 0.6) is 5.75 Å². The van der Waals surface area contributed by atoms with Crippen molar-refractivity contribution in [1.29, 1.82) is 0 Å². The fourth-order valence-corrected chi connectivity index (χ4v) is 1.21. The molecule has 2 nitrogen and oxygen atoms in total. The Morgan fingerprint density at radius 1 is 1.31 bits per heavy atom. The molecular weight excluding hydrogens is 188 g/mol. The van der Waals surface area contributed by atoms with Crippen molar-refractivity contribution in [3.8, 4) is 5.75 Å². The molecule has 3 heteroatoms. The van der Waals surface area contributed by atoms with Gasteiger partial charge < -0.3 is 4.74 Å². The lowest BCUT2D eigenvalue weighted by atomic mass is 10.1. The van der Waals surface area contributed by atoms with Gasteiger partial charge in [-0.25, -0.2) is 0 Å². The second-order valence-electron chi connectivity index (χ2n) is 2.93. The Balaban J connectivity index is 2.83. The molecule has 0 spiro atoms. The van der Waals surface area contributed by atoms with Gasteiger partial charge in [0.25, 0.3) is 0 Å². The van der Waals surface area contributed by atoms with Crippen molar-refractivity contribution < 1.29 is 9.53 Å². The molecule has 0 heterocycles. The van der Waals surface area contributed by atoms with Crippen molar-refractivity contribution in [3.63, 3.8) is 0 Å². The molecule has 0 bridgehead atoms. The first-order chi connectivity index (χ1) is 6.11. The SMILES string of the molecule is Cc1cc(C)cc(OC(=O)CCl)c1. The summed E-state index contributed by atoms with van der Waals surface area (Å²) in [4.78, 5) is 10.8. The number of ether oxygens (including phenoxy) is 1. The van der Waals surface area contributed by atoms with Crippen LogP contribution in [0.4, 0.5) is 0 Å². The summed E-state index contributed by atoms with van der Waals surface area (Å²) in [6.45, 7) is 3.90. The summed E-state index contributed by atoms with van der Waals surface area (Å²) in [6.07, 6.45) is 0. The maximum Gasteiger partial charge on any atom is 0.326 e. The Bertz CT molecular complexity index is 300. The molecule has 0 unspecified atom stereocenters. The molecule has 0 aliphatic heterocycles. The Morgan fingerprint density at radius 2 is 1.85 bits per heavy atom. The maximum atomic E-state index is 10.8. The summed E-state index contributed by atoms with van der Waals surface area (Å²) in [5.74, 6) is 0.0160. The third kappa shape index (κ3) is 3.07. The first-order valence-electron chi connectivity index (χ1n) is 3.97. The van der Waals surface area contributed by atoms with Crippen LogP contribution in [0.15, 0.2) is 18.2 Å². The molecular formula is C10H11ClO2. The molecule has 13 heavy (non-hydrogen) atoms. The fraction of sp³-hybridized carbons (Fsp3) is 0.300. The lowest BCUT2D eigenvalue weighted by Gasteiger charge is -2.04. The molecule has 1 aromatic rings. The highest BCUT2D eigenvalue weighted by Gasteiger charge is 2.02. The zero-order valence-electron chi connectivity index (χ0n) is 7.63. The van der Waals surface area contributed by atoms with Crippen LogP contribution in [-0.2, 0) is 4.79 Å². The minimum atomic E-state index is -0.424. The quantitative estimate of drug-likeness (QED) is 0.415. The molecule has 0 aliphatic rings. The van der Waals surface area contributed by atoms with E-state index in [1.54, 1.807) is 12.1 Å². The summed E-state index contributed by atoms with van der Waals surface area (Å²) >= 11 is 5.31. The molecule has 0 N–H and O–H groups in total. The first-order valence-corrected chi connectivity index (χ1v) is 4.50. The van der Waals surface area contributed by atoms with E-state index in [4.69, 9.17) is 16.3 Å². The molecule has 0 amide bonds. The summed E-state index contributed by atoms with van der Waals surface area (Å²) in [6, 6.07) is 5.62.